The molecule has 1 aromatic heterocycles. The molecule has 2 aromatic carbocycles. The van der Waals surface area contributed by atoms with Gasteiger partial charge in [-0.05, 0) is 36.4 Å². The molecule has 0 unspecified atom stereocenters. The summed E-state index contributed by atoms with van der Waals surface area (Å²) in [6.07, 6.45) is 2.95. The van der Waals surface area contributed by atoms with Crippen molar-refractivity contribution < 1.29 is 14.3 Å². The van der Waals surface area contributed by atoms with Crippen LogP contribution in [0.25, 0.3) is 5.69 Å². The fraction of sp³-hybridized carbons (Fsp3) is 0.0455. The van der Waals surface area contributed by atoms with E-state index in [2.05, 4.69) is 5.43 Å². The van der Waals surface area contributed by atoms with E-state index >= 15 is 0 Å². The highest BCUT2D eigenvalue weighted by Gasteiger charge is 2.34. The van der Waals surface area contributed by atoms with Gasteiger partial charge in [-0.2, -0.15) is 15.4 Å². The Morgan fingerprint density at radius 3 is 2.38 bits per heavy atom. The quantitative estimate of drug-likeness (QED) is 0.548. The highest BCUT2D eigenvalue weighted by Crippen LogP contribution is 2.39. The SMILES string of the molecule is N#Cc1cccc(-n2cc(Oc3c(Cl)cc(N4NCC(=O)N(C#N)C4=O)cc3Cl)ccc2=O)c1. The summed E-state index contributed by atoms with van der Waals surface area (Å²) in [7, 11) is 0. The van der Waals surface area contributed by atoms with Crippen LogP contribution in [0.15, 0.2) is 59.5 Å². The number of ether oxygens (including phenoxy) is 1. The molecule has 0 bridgehead atoms. The molecule has 3 amide bonds. The Labute approximate surface area is 202 Å². The van der Waals surface area contributed by atoms with Crippen molar-refractivity contribution in [2.24, 2.45) is 0 Å². The van der Waals surface area contributed by atoms with Crippen LogP contribution in [0.2, 0.25) is 10.0 Å². The molecule has 1 N–H and O–H groups in total. The van der Waals surface area contributed by atoms with Gasteiger partial charge in [0.15, 0.2) is 11.9 Å². The summed E-state index contributed by atoms with van der Waals surface area (Å²) in [4.78, 5) is 36.8. The summed E-state index contributed by atoms with van der Waals surface area (Å²) in [5.41, 5.74) is 3.27. The summed E-state index contributed by atoms with van der Waals surface area (Å²) >= 11 is 12.7. The van der Waals surface area contributed by atoms with E-state index in [1.54, 1.807) is 24.3 Å². The summed E-state index contributed by atoms with van der Waals surface area (Å²) in [6, 6.07) is 13.0. The average Bonchev–Trinajstić information content (AvgIpc) is 2.82. The first-order chi connectivity index (χ1) is 16.3. The zero-order chi connectivity index (χ0) is 24.4. The molecule has 168 valence electrons. The van der Waals surface area contributed by atoms with Gasteiger partial charge >= 0.3 is 6.03 Å². The second-order valence-corrected chi connectivity index (χ2v) is 7.67. The van der Waals surface area contributed by atoms with Crippen molar-refractivity contribution in [3.8, 4) is 29.4 Å². The number of nitrogens with zero attached hydrogens (tertiary/aromatic N) is 5. The number of hydrogen-bond acceptors (Lipinski definition) is 7. The number of nitrogens with one attached hydrogen (secondary N) is 1. The van der Waals surface area contributed by atoms with Gasteiger partial charge in [-0.3, -0.25) is 14.2 Å². The van der Waals surface area contributed by atoms with Crippen LogP contribution in [0, 0.1) is 22.8 Å². The second kappa shape index (κ2) is 9.25. The molecule has 2 heterocycles. The first kappa shape index (κ1) is 22.8. The standard InChI is InChI=1S/C22H12Cl2N6O4/c23-17-7-15(30-22(33)29(12-26)20(32)10-27-30)8-18(24)21(17)34-16-4-5-19(31)28(11-16)14-3-1-2-13(6-14)9-25/h1-8,11,27H,10H2. The first-order valence-corrected chi connectivity index (χ1v) is 10.3. The second-order valence-electron chi connectivity index (χ2n) is 6.86. The van der Waals surface area contributed by atoms with E-state index < -0.39 is 11.9 Å². The molecule has 12 heteroatoms. The first-order valence-electron chi connectivity index (χ1n) is 9.53. The van der Waals surface area contributed by atoms with Crippen molar-refractivity contribution >= 4 is 40.8 Å². The lowest BCUT2D eigenvalue weighted by Gasteiger charge is -2.30. The Morgan fingerprint density at radius 2 is 1.71 bits per heavy atom. The molecule has 0 radical (unpaired) electrons. The van der Waals surface area contributed by atoms with Gasteiger partial charge in [0.2, 0.25) is 0 Å². The van der Waals surface area contributed by atoms with E-state index in [0.717, 1.165) is 5.01 Å². The van der Waals surface area contributed by atoms with E-state index in [-0.39, 0.29) is 39.3 Å². The highest BCUT2D eigenvalue weighted by atomic mass is 35.5. The number of halogens is 2. The molecule has 3 aromatic rings. The molecule has 1 aliphatic rings. The third-order valence-corrected chi connectivity index (χ3v) is 5.28. The number of aromatic nitrogens is 1. The van der Waals surface area contributed by atoms with Gasteiger partial charge in [0, 0.05) is 6.07 Å². The van der Waals surface area contributed by atoms with Crippen molar-refractivity contribution in [3.05, 3.63) is 80.7 Å². The van der Waals surface area contributed by atoms with Crippen LogP contribution < -0.4 is 20.7 Å². The van der Waals surface area contributed by atoms with Gasteiger partial charge in [0.05, 0.1) is 45.8 Å². The van der Waals surface area contributed by atoms with Gasteiger partial charge < -0.3 is 4.74 Å². The molecule has 4 rings (SSSR count). The Hall–Kier alpha value is -4.35. The molecule has 0 saturated carbocycles. The van der Waals surface area contributed by atoms with Crippen molar-refractivity contribution in [1.82, 2.24) is 14.9 Å². The van der Waals surface area contributed by atoms with Gasteiger partial charge in [-0.1, -0.05) is 29.3 Å². The smallest absolute Gasteiger partial charge is 0.359 e. The molecule has 34 heavy (non-hydrogen) atoms. The number of anilines is 1. The molecule has 0 atom stereocenters. The number of carbonyl (C=O) groups excluding carboxylic acids is 2. The lowest BCUT2D eigenvalue weighted by Crippen LogP contribution is -2.59. The van der Waals surface area contributed by atoms with E-state index in [1.807, 2.05) is 6.07 Å². The van der Waals surface area contributed by atoms with Crippen LogP contribution in [0.5, 0.6) is 11.5 Å². The lowest BCUT2D eigenvalue weighted by molar-refractivity contribution is -0.125. The minimum Gasteiger partial charge on any atom is -0.453 e. The van der Waals surface area contributed by atoms with E-state index in [4.69, 9.17) is 38.5 Å². The molecule has 0 spiro atoms. The lowest BCUT2D eigenvalue weighted by atomic mass is 10.2. The van der Waals surface area contributed by atoms with Crippen molar-refractivity contribution in [1.29, 1.82) is 10.5 Å². The normalized spacial score (nSPS) is 13.4. The third-order valence-electron chi connectivity index (χ3n) is 4.72. The molecule has 1 saturated heterocycles. The zero-order valence-electron chi connectivity index (χ0n) is 17.0. The van der Waals surface area contributed by atoms with Gasteiger partial charge in [0.25, 0.3) is 11.5 Å². The monoisotopic (exact) mass is 494 g/mol. The summed E-state index contributed by atoms with van der Waals surface area (Å²) in [5.74, 6) is -0.413. The number of imide groups is 1. The largest absolute Gasteiger partial charge is 0.453 e. The van der Waals surface area contributed by atoms with E-state index in [0.29, 0.717) is 16.2 Å². The number of benzene rings is 2. The van der Waals surface area contributed by atoms with Gasteiger partial charge in [0.1, 0.15) is 5.75 Å². The number of amides is 3. The van der Waals surface area contributed by atoms with Gasteiger partial charge in [-0.15, -0.1) is 0 Å². The van der Waals surface area contributed by atoms with Crippen LogP contribution >= 0.6 is 23.2 Å². The molecular formula is C22H12Cl2N6O4. The maximum atomic E-state index is 12.4. The number of carbonyl (C=O) groups is 2. The van der Waals surface area contributed by atoms with Gasteiger partial charge in [-0.25, -0.2) is 15.2 Å². The van der Waals surface area contributed by atoms with Crippen LogP contribution in [-0.2, 0) is 4.79 Å². The number of nitriles is 2. The molecule has 10 nitrogen and oxygen atoms in total. The fourth-order valence-corrected chi connectivity index (χ4v) is 3.70. The van der Waals surface area contributed by atoms with E-state index in [9.17, 15) is 14.4 Å². The number of urea groups is 1. The number of hydrogen-bond donors (Lipinski definition) is 1. The molecule has 0 aliphatic carbocycles. The number of hydrazine groups is 1. The highest BCUT2D eigenvalue weighted by molar-refractivity contribution is 6.37. The fourth-order valence-electron chi connectivity index (χ4n) is 3.15. The summed E-state index contributed by atoms with van der Waals surface area (Å²) < 4.78 is 7.11. The number of pyridine rings is 1. The maximum absolute atomic E-state index is 12.4. The predicted octanol–water partition coefficient (Wildman–Crippen LogP) is 3.56. The van der Waals surface area contributed by atoms with Crippen molar-refractivity contribution in [2.75, 3.05) is 11.6 Å². The van der Waals surface area contributed by atoms with Crippen LogP contribution in [-0.4, -0.2) is 28.0 Å². The topological polar surface area (TPSA) is 131 Å². The van der Waals surface area contributed by atoms with E-state index in [1.165, 1.54) is 41.2 Å². The maximum Gasteiger partial charge on any atom is 0.359 e. The Morgan fingerprint density at radius 1 is 0.971 bits per heavy atom. The summed E-state index contributed by atoms with van der Waals surface area (Å²) in [5, 5.41) is 19.2. The predicted molar refractivity (Wildman–Crippen MR) is 122 cm³/mol. The number of rotatable bonds is 4. The van der Waals surface area contributed by atoms with Crippen molar-refractivity contribution in [3.63, 3.8) is 0 Å². The Bertz CT molecular complexity index is 1450. The third kappa shape index (κ3) is 4.29. The van der Waals surface area contributed by atoms with Crippen LogP contribution in [0.3, 0.4) is 0 Å². The van der Waals surface area contributed by atoms with Crippen LogP contribution in [0.1, 0.15) is 5.56 Å². The Balaban J connectivity index is 1.65. The Kier molecular flexibility index (Phi) is 6.21. The average molecular weight is 495 g/mol. The molecule has 1 fully saturated rings. The molecular weight excluding hydrogens is 483 g/mol. The minimum atomic E-state index is -0.911. The summed E-state index contributed by atoms with van der Waals surface area (Å²) in [6.45, 7) is -0.276. The zero-order valence-corrected chi connectivity index (χ0v) is 18.5. The minimum absolute atomic E-state index is 0.0294. The van der Waals surface area contributed by atoms with Crippen molar-refractivity contribution in [2.45, 2.75) is 0 Å². The molecule has 1 aliphatic heterocycles. The van der Waals surface area contributed by atoms with Crippen LogP contribution in [0.4, 0.5) is 10.5 Å².